The van der Waals surface area contributed by atoms with Gasteiger partial charge in [-0.3, -0.25) is 25.0 Å². The van der Waals surface area contributed by atoms with Crippen molar-refractivity contribution in [2.75, 3.05) is 18.5 Å². The van der Waals surface area contributed by atoms with E-state index in [1.54, 1.807) is 6.07 Å². The fourth-order valence-electron chi connectivity index (χ4n) is 4.38. The summed E-state index contributed by atoms with van der Waals surface area (Å²) in [4.78, 5) is 22.0. The Kier molecular flexibility index (Phi) is 8.84. The maximum atomic E-state index is 11.2. The van der Waals surface area contributed by atoms with Crippen LogP contribution in [0.15, 0.2) is 89.8 Å². The predicted molar refractivity (Wildman–Crippen MR) is 150 cm³/mol. The van der Waals surface area contributed by atoms with Gasteiger partial charge in [0.15, 0.2) is 5.52 Å². The number of nitro benzene ring substituents is 1. The van der Waals surface area contributed by atoms with Crippen molar-refractivity contribution in [2.45, 2.75) is 32.5 Å². The molecule has 0 saturated heterocycles. The molecular weight excluding hydrogens is 510 g/mol. The first-order valence-corrected chi connectivity index (χ1v) is 13.0. The number of unbranched alkanes of at least 4 members (excludes halogenated alkanes) is 1. The SMILES string of the molecule is O=[N+]([O-])c1ccc(NCCCCOc2cccc(CN(Cc3ccccn3)Cc3ccccn3)c2)c2nonc12. The van der Waals surface area contributed by atoms with Crippen LogP contribution in [-0.4, -0.2) is 43.3 Å². The van der Waals surface area contributed by atoms with E-state index in [0.717, 1.165) is 42.1 Å². The summed E-state index contributed by atoms with van der Waals surface area (Å²) in [5, 5.41) is 21.9. The topological polar surface area (TPSA) is 132 Å². The molecule has 0 spiro atoms. The summed E-state index contributed by atoms with van der Waals surface area (Å²) >= 11 is 0. The van der Waals surface area contributed by atoms with Crippen LogP contribution in [0.1, 0.15) is 29.8 Å². The van der Waals surface area contributed by atoms with E-state index in [1.807, 2.05) is 60.9 Å². The molecule has 3 heterocycles. The highest BCUT2D eigenvalue weighted by molar-refractivity contribution is 5.93. The zero-order chi connectivity index (χ0) is 27.6. The Morgan fingerprint density at radius 1 is 0.850 bits per heavy atom. The summed E-state index contributed by atoms with van der Waals surface area (Å²) in [7, 11) is 0. The van der Waals surface area contributed by atoms with E-state index < -0.39 is 4.92 Å². The highest BCUT2D eigenvalue weighted by atomic mass is 16.6. The van der Waals surface area contributed by atoms with Gasteiger partial charge in [-0.2, -0.15) is 0 Å². The number of ether oxygens (including phenoxy) is 1. The van der Waals surface area contributed by atoms with Crippen LogP contribution in [0.2, 0.25) is 0 Å². The van der Waals surface area contributed by atoms with E-state index in [9.17, 15) is 10.1 Å². The molecule has 0 aliphatic heterocycles. The van der Waals surface area contributed by atoms with E-state index in [1.165, 1.54) is 6.07 Å². The van der Waals surface area contributed by atoms with Crippen LogP contribution in [0.25, 0.3) is 11.0 Å². The molecule has 0 unspecified atom stereocenters. The number of anilines is 1. The second-order valence-electron chi connectivity index (χ2n) is 9.27. The second-order valence-corrected chi connectivity index (χ2v) is 9.27. The standard InChI is InChI=1S/C29H29N7O4/c37-36(38)27-13-12-26(28-29(27)34-40-33-28)32-16-5-6-17-39-25-11-7-8-22(18-25)19-35(20-23-9-1-3-14-30-23)21-24-10-2-4-15-31-24/h1-4,7-15,18,32H,5-6,16-17,19-21H2. The van der Waals surface area contributed by atoms with Crippen molar-refractivity contribution in [1.82, 2.24) is 25.2 Å². The van der Waals surface area contributed by atoms with Crippen LogP contribution in [0, 0.1) is 10.1 Å². The van der Waals surface area contributed by atoms with Crippen LogP contribution in [0.3, 0.4) is 0 Å². The molecule has 0 aliphatic rings. The third-order valence-corrected chi connectivity index (χ3v) is 6.27. The lowest BCUT2D eigenvalue weighted by Gasteiger charge is -2.22. The van der Waals surface area contributed by atoms with Crippen LogP contribution in [0.4, 0.5) is 11.4 Å². The molecule has 5 rings (SSSR count). The van der Waals surface area contributed by atoms with E-state index >= 15 is 0 Å². The smallest absolute Gasteiger partial charge is 0.300 e. The molecule has 1 N–H and O–H groups in total. The van der Waals surface area contributed by atoms with E-state index in [2.05, 4.69) is 42.6 Å². The molecule has 204 valence electrons. The zero-order valence-corrected chi connectivity index (χ0v) is 21.8. The number of nitrogens with one attached hydrogen (secondary N) is 1. The van der Waals surface area contributed by atoms with Gasteiger partial charge in [-0.05, 0) is 71.2 Å². The maximum absolute atomic E-state index is 11.2. The van der Waals surface area contributed by atoms with Gasteiger partial charge in [0.25, 0.3) is 0 Å². The number of nitro groups is 1. The molecule has 40 heavy (non-hydrogen) atoms. The number of nitrogens with zero attached hydrogens (tertiary/aromatic N) is 6. The molecule has 0 fully saturated rings. The molecule has 3 aromatic heterocycles. The van der Waals surface area contributed by atoms with E-state index in [0.29, 0.717) is 37.4 Å². The summed E-state index contributed by atoms with van der Waals surface area (Å²) < 4.78 is 10.7. The minimum atomic E-state index is -0.499. The van der Waals surface area contributed by atoms with E-state index in [-0.39, 0.29) is 11.2 Å². The van der Waals surface area contributed by atoms with Crippen LogP contribution in [-0.2, 0) is 19.6 Å². The molecular formula is C29H29N7O4. The van der Waals surface area contributed by atoms with Crippen LogP contribution < -0.4 is 10.1 Å². The van der Waals surface area contributed by atoms with Gasteiger partial charge in [0.2, 0.25) is 5.52 Å². The van der Waals surface area contributed by atoms with Gasteiger partial charge in [-0.15, -0.1) is 0 Å². The Hall–Kier alpha value is -4.90. The molecule has 11 heteroatoms. The second kappa shape index (κ2) is 13.3. The quantitative estimate of drug-likeness (QED) is 0.111. The highest BCUT2D eigenvalue weighted by Gasteiger charge is 2.19. The number of fused-ring (bicyclic) bond motifs is 1. The molecule has 11 nitrogen and oxygen atoms in total. The Morgan fingerprint density at radius 3 is 2.30 bits per heavy atom. The Labute approximate surface area is 230 Å². The van der Waals surface area contributed by atoms with Crippen molar-refractivity contribution in [2.24, 2.45) is 0 Å². The molecule has 5 aromatic rings. The first kappa shape index (κ1) is 26.7. The van der Waals surface area contributed by atoms with Gasteiger partial charge >= 0.3 is 5.69 Å². The van der Waals surface area contributed by atoms with Crippen molar-refractivity contribution in [1.29, 1.82) is 0 Å². The molecule has 0 atom stereocenters. The summed E-state index contributed by atoms with van der Waals surface area (Å²) in [5.74, 6) is 0.826. The van der Waals surface area contributed by atoms with Gasteiger partial charge in [0.05, 0.1) is 28.6 Å². The molecule has 0 bridgehead atoms. The molecule has 0 saturated carbocycles. The lowest BCUT2D eigenvalue weighted by atomic mass is 10.2. The lowest BCUT2D eigenvalue weighted by molar-refractivity contribution is -0.383. The Balaban J connectivity index is 1.11. The number of hydrogen-bond donors (Lipinski definition) is 1. The van der Waals surface area contributed by atoms with Gasteiger partial charge < -0.3 is 10.1 Å². The number of rotatable bonds is 14. The van der Waals surface area contributed by atoms with Gasteiger partial charge in [-0.25, -0.2) is 4.63 Å². The number of hydrogen-bond acceptors (Lipinski definition) is 10. The third-order valence-electron chi connectivity index (χ3n) is 6.27. The van der Waals surface area contributed by atoms with Crippen LogP contribution >= 0.6 is 0 Å². The van der Waals surface area contributed by atoms with Gasteiger partial charge in [0.1, 0.15) is 5.75 Å². The number of benzene rings is 2. The molecule has 0 radical (unpaired) electrons. The average Bonchev–Trinajstić information content (AvgIpc) is 3.46. The minimum absolute atomic E-state index is 0.131. The van der Waals surface area contributed by atoms with Crippen LogP contribution in [0.5, 0.6) is 5.75 Å². The largest absolute Gasteiger partial charge is 0.494 e. The average molecular weight is 540 g/mol. The van der Waals surface area contributed by atoms with E-state index in [4.69, 9.17) is 9.37 Å². The number of pyridine rings is 2. The van der Waals surface area contributed by atoms with Crippen molar-refractivity contribution in [3.8, 4) is 5.75 Å². The maximum Gasteiger partial charge on any atom is 0.300 e. The fourth-order valence-corrected chi connectivity index (χ4v) is 4.38. The molecule has 0 aliphatic carbocycles. The highest BCUT2D eigenvalue weighted by Crippen LogP contribution is 2.28. The van der Waals surface area contributed by atoms with Crippen molar-refractivity contribution in [3.05, 3.63) is 112 Å². The number of aromatic nitrogens is 4. The minimum Gasteiger partial charge on any atom is -0.494 e. The van der Waals surface area contributed by atoms with Gasteiger partial charge in [-0.1, -0.05) is 24.3 Å². The monoisotopic (exact) mass is 539 g/mol. The molecule has 2 aromatic carbocycles. The summed E-state index contributed by atoms with van der Waals surface area (Å²) in [6.45, 7) is 3.37. The zero-order valence-electron chi connectivity index (χ0n) is 21.8. The lowest BCUT2D eigenvalue weighted by Crippen LogP contribution is -2.23. The fraction of sp³-hybridized carbons (Fsp3) is 0.241. The Morgan fingerprint density at radius 2 is 1.60 bits per heavy atom. The van der Waals surface area contributed by atoms with Crippen molar-refractivity contribution in [3.63, 3.8) is 0 Å². The summed E-state index contributed by atoms with van der Waals surface area (Å²) in [6.07, 6.45) is 5.30. The first-order valence-electron chi connectivity index (χ1n) is 13.0. The number of non-ortho nitro benzene ring substituents is 1. The van der Waals surface area contributed by atoms with Crippen molar-refractivity contribution < 1.29 is 14.3 Å². The Bertz CT molecular complexity index is 1490. The summed E-state index contributed by atoms with van der Waals surface area (Å²) in [5.41, 5.74) is 4.17. The first-order chi connectivity index (χ1) is 19.7. The van der Waals surface area contributed by atoms with Gasteiger partial charge in [0, 0.05) is 44.6 Å². The normalized spacial score (nSPS) is 11.1. The predicted octanol–water partition coefficient (Wildman–Crippen LogP) is 5.39. The third kappa shape index (κ3) is 7.14. The molecule has 0 amide bonds. The summed E-state index contributed by atoms with van der Waals surface area (Å²) in [6, 6.07) is 23.1. The van der Waals surface area contributed by atoms with Crippen molar-refractivity contribution >= 4 is 22.4 Å².